The van der Waals surface area contributed by atoms with Crippen molar-refractivity contribution in [2.45, 2.75) is 13.8 Å². The van der Waals surface area contributed by atoms with Gasteiger partial charge in [-0.15, -0.1) is 0 Å². The van der Waals surface area contributed by atoms with E-state index in [2.05, 4.69) is 4.98 Å². The first kappa shape index (κ1) is 9.45. The van der Waals surface area contributed by atoms with Crippen LogP contribution in [-0.2, 0) is 0 Å². The summed E-state index contributed by atoms with van der Waals surface area (Å²) in [4.78, 5) is 15.4. The number of ketones is 1. The molecule has 3 heteroatoms. The highest BCUT2D eigenvalue weighted by molar-refractivity contribution is 6.04. The van der Waals surface area contributed by atoms with E-state index in [0.717, 1.165) is 5.69 Å². The van der Waals surface area contributed by atoms with Gasteiger partial charge < -0.3 is 5.73 Å². The number of carbonyl (C=O) groups excluding carboxylic acids is 1. The highest BCUT2D eigenvalue weighted by Crippen LogP contribution is 2.01. The number of carbonyl (C=O) groups is 1. The summed E-state index contributed by atoms with van der Waals surface area (Å²) in [5.74, 6) is -0.104. The number of hydrogen-bond donors (Lipinski definition) is 1. The van der Waals surface area contributed by atoms with Gasteiger partial charge in [-0.05, 0) is 26.0 Å². The molecule has 0 aliphatic heterocycles. The second-order valence-electron chi connectivity index (χ2n) is 2.94. The molecule has 0 atom stereocenters. The smallest absolute Gasteiger partial charge is 0.189 e. The van der Waals surface area contributed by atoms with Gasteiger partial charge in [0.2, 0.25) is 0 Å². The van der Waals surface area contributed by atoms with Gasteiger partial charge in [-0.1, -0.05) is 0 Å². The maximum atomic E-state index is 11.4. The Hall–Kier alpha value is -1.64. The zero-order valence-electron chi connectivity index (χ0n) is 7.74. The molecule has 1 aromatic heterocycles. The Kier molecular flexibility index (Phi) is 2.80. The van der Waals surface area contributed by atoms with E-state index >= 15 is 0 Å². The van der Waals surface area contributed by atoms with E-state index in [-0.39, 0.29) is 5.78 Å². The number of allylic oxidation sites excluding steroid dienone is 2. The summed E-state index contributed by atoms with van der Waals surface area (Å²) in [6.45, 7) is 3.55. The SMILES string of the molecule is CC(N)=CC(=O)c1ccc(C)nc1. The van der Waals surface area contributed by atoms with Crippen LogP contribution in [0.2, 0.25) is 0 Å². The lowest BCUT2D eigenvalue weighted by Crippen LogP contribution is -2.00. The third-order valence-corrected chi connectivity index (χ3v) is 1.55. The summed E-state index contributed by atoms with van der Waals surface area (Å²) < 4.78 is 0. The number of hydrogen-bond acceptors (Lipinski definition) is 3. The molecule has 0 fully saturated rings. The number of pyridine rings is 1. The Morgan fingerprint density at radius 2 is 2.23 bits per heavy atom. The van der Waals surface area contributed by atoms with Crippen molar-refractivity contribution in [2.75, 3.05) is 0 Å². The van der Waals surface area contributed by atoms with Crippen molar-refractivity contribution in [1.82, 2.24) is 4.98 Å². The summed E-state index contributed by atoms with van der Waals surface area (Å²) in [6, 6.07) is 3.54. The van der Waals surface area contributed by atoms with Crippen LogP contribution in [0.1, 0.15) is 23.0 Å². The Morgan fingerprint density at radius 1 is 1.54 bits per heavy atom. The fourth-order valence-electron chi connectivity index (χ4n) is 0.904. The van der Waals surface area contributed by atoms with Crippen molar-refractivity contribution in [3.63, 3.8) is 0 Å². The molecule has 0 aliphatic rings. The minimum Gasteiger partial charge on any atom is -0.402 e. The predicted octanol–water partition coefficient (Wildman–Crippen LogP) is 1.44. The topological polar surface area (TPSA) is 56.0 Å². The Labute approximate surface area is 77.3 Å². The highest BCUT2D eigenvalue weighted by Gasteiger charge is 2.01. The van der Waals surface area contributed by atoms with E-state index in [0.29, 0.717) is 11.3 Å². The predicted molar refractivity (Wildman–Crippen MR) is 51.2 cm³/mol. The lowest BCUT2D eigenvalue weighted by molar-refractivity contribution is 0.104. The Morgan fingerprint density at radius 3 is 2.69 bits per heavy atom. The van der Waals surface area contributed by atoms with Crippen molar-refractivity contribution < 1.29 is 4.79 Å². The molecule has 3 nitrogen and oxygen atoms in total. The largest absolute Gasteiger partial charge is 0.402 e. The summed E-state index contributed by atoms with van der Waals surface area (Å²) >= 11 is 0. The maximum absolute atomic E-state index is 11.4. The van der Waals surface area contributed by atoms with E-state index < -0.39 is 0 Å². The summed E-state index contributed by atoms with van der Waals surface area (Å²) in [5, 5.41) is 0. The standard InChI is InChI=1S/C10H12N2O/c1-7(11)5-10(13)9-4-3-8(2)12-6-9/h3-6H,11H2,1-2H3. The molecule has 0 radical (unpaired) electrons. The van der Waals surface area contributed by atoms with E-state index in [1.165, 1.54) is 6.08 Å². The van der Waals surface area contributed by atoms with Crippen LogP contribution in [0.25, 0.3) is 0 Å². The summed E-state index contributed by atoms with van der Waals surface area (Å²) in [5.41, 5.74) is 7.34. The van der Waals surface area contributed by atoms with Gasteiger partial charge in [0.15, 0.2) is 5.78 Å². The molecule has 0 aromatic carbocycles. The first-order chi connectivity index (χ1) is 6.09. The van der Waals surface area contributed by atoms with Crippen LogP contribution in [0.3, 0.4) is 0 Å². The number of nitrogens with zero attached hydrogens (tertiary/aromatic N) is 1. The third-order valence-electron chi connectivity index (χ3n) is 1.55. The number of aromatic nitrogens is 1. The summed E-state index contributed by atoms with van der Waals surface area (Å²) in [6.07, 6.45) is 2.95. The molecule has 0 aliphatic carbocycles. The van der Waals surface area contributed by atoms with Crippen molar-refractivity contribution in [3.8, 4) is 0 Å². The number of aryl methyl sites for hydroxylation is 1. The molecule has 1 rings (SSSR count). The quantitative estimate of drug-likeness (QED) is 0.548. The van der Waals surface area contributed by atoms with Crippen LogP contribution >= 0.6 is 0 Å². The third kappa shape index (κ3) is 2.71. The Balaban J connectivity index is 2.90. The number of rotatable bonds is 2. The van der Waals surface area contributed by atoms with Crippen molar-refractivity contribution in [2.24, 2.45) is 5.73 Å². The molecule has 13 heavy (non-hydrogen) atoms. The molecule has 0 saturated carbocycles. The molecule has 0 spiro atoms. The minimum atomic E-state index is -0.104. The fraction of sp³-hybridized carbons (Fsp3) is 0.200. The van der Waals surface area contributed by atoms with Gasteiger partial charge in [0.25, 0.3) is 0 Å². The molecule has 1 heterocycles. The molecule has 0 bridgehead atoms. The van der Waals surface area contributed by atoms with Crippen molar-refractivity contribution in [1.29, 1.82) is 0 Å². The van der Waals surface area contributed by atoms with Crippen LogP contribution < -0.4 is 5.73 Å². The van der Waals surface area contributed by atoms with Gasteiger partial charge in [0.05, 0.1) is 0 Å². The molecule has 68 valence electrons. The zero-order chi connectivity index (χ0) is 9.84. The normalized spacial score (nSPS) is 11.4. The van der Waals surface area contributed by atoms with E-state index in [9.17, 15) is 4.79 Å². The zero-order valence-corrected chi connectivity index (χ0v) is 7.74. The van der Waals surface area contributed by atoms with Crippen LogP contribution in [0.4, 0.5) is 0 Å². The van der Waals surface area contributed by atoms with Crippen LogP contribution in [-0.4, -0.2) is 10.8 Å². The van der Waals surface area contributed by atoms with Gasteiger partial charge in [-0.3, -0.25) is 9.78 Å². The van der Waals surface area contributed by atoms with Crippen LogP contribution in [0.15, 0.2) is 30.1 Å². The first-order valence-electron chi connectivity index (χ1n) is 4.00. The van der Waals surface area contributed by atoms with E-state index in [1.807, 2.05) is 6.92 Å². The lowest BCUT2D eigenvalue weighted by atomic mass is 10.1. The molecular formula is C10H12N2O. The molecule has 0 amide bonds. The average molecular weight is 176 g/mol. The molecule has 1 aromatic rings. The minimum absolute atomic E-state index is 0.104. The van der Waals surface area contributed by atoms with Crippen molar-refractivity contribution >= 4 is 5.78 Å². The molecule has 0 saturated heterocycles. The van der Waals surface area contributed by atoms with Crippen LogP contribution in [0, 0.1) is 6.92 Å². The lowest BCUT2D eigenvalue weighted by Gasteiger charge is -1.96. The van der Waals surface area contributed by atoms with E-state index in [4.69, 9.17) is 5.73 Å². The molecular weight excluding hydrogens is 164 g/mol. The molecule has 0 unspecified atom stereocenters. The Bertz CT molecular complexity index is 334. The highest BCUT2D eigenvalue weighted by atomic mass is 16.1. The van der Waals surface area contributed by atoms with Crippen LogP contribution in [0.5, 0.6) is 0 Å². The summed E-state index contributed by atoms with van der Waals surface area (Å²) in [7, 11) is 0. The van der Waals surface area contributed by atoms with Gasteiger partial charge in [-0.25, -0.2) is 0 Å². The monoisotopic (exact) mass is 176 g/mol. The van der Waals surface area contributed by atoms with Crippen molar-refractivity contribution in [3.05, 3.63) is 41.4 Å². The molecule has 2 N–H and O–H groups in total. The van der Waals surface area contributed by atoms with Gasteiger partial charge in [0, 0.05) is 29.2 Å². The van der Waals surface area contributed by atoms with E-state index in [1.54, 1.807) is 25.3 Å². The average Bonchev–Trinajstić information content (AvgIpc) is 2.04. The second-order valence-corrected chi connectivity index (χ2v) is 2.94. The van der Waals surface area contributed by atoms with Gasteiger partial charge in [0.1, 0.15) is 0 Å². The van der Waals surface area contributed by atoms with Gasteiger partial charge >= 0.3 is 0 Å². The second kappa shape index (κ2) is 3.85. The van der Waals surface area contributed by atoms with Gasteiger partial charge in [-0.2, -0.15) is 0 Å². The number of nitrogens with two attached hydrogens (primary N) is 1. The maximum Gasteiger partial charge on any atom is 0.189 e. The fourth-order valence-corrected chi connectivity index (χ4v) is 0.904. The first-order valence-corrected chi connectivity index (χ1v) is 4.00.